The molecular formula is C13H20N2O3. The molecule has 2 N–H and O–H groups in total. The van der Waals surface area contributed by atoms with E-state index in [-0.39, 0.29) is 13.2 Å². The smallest absolute Gasteiger partial charge is 0.407 e. The normalized spacial score (nSPS) is 10.4. The molecular weight excluding hydrogens is 232 g/mol. The van der Waals surface area contributed by atoms with Crippen molar-refractivity contribution in [2.75, 3.05) is 33.3 Å². The maximum atomic E-state index is 11.4. The molecule has 0 saturated heterocycles. The van der Waals surface area contributed by atoms with E-state index in [9.17, 15) is 4.79 Å². The number of hydrogen-bond acceptors (Lipinski definition) is 4. The van der Waals surface area contributed by atoms with Gasteiger partial charge in [-0.25, -0.2) is 4.79 Å². The number of likely N-dealkylation sites (N-methyl/N-ethyl adjacent to an activating group) is 1. The molecule has 1 aromatic carbocycles. The van der Waals surface area contributed by atoms with Gasteiger partial charge in [0, 0.05) is 19.6 Å². The van der Waals surface area contributed by atoms with Crippen LogP contribution >= 0.6 is 0 Å². The van der Waals surface area contributed by atoms with E-state index in [1.165, 1.54) is 0 Å². The summed E-state index contributed by atoms with van der Waals surface area (Å²) in [7, 11) is 1.88. The molecule has 100 valence electrons. The minimum Gasteiger partial charge on any atom is -0.445 e. The van der Waals surface area contributed by atoms with Gasteiger partial charge in [-0.05, 0) is 12.6 Å². The average Bonchev–Trinajstić information content (AvgIpc) is 2.38. The summed E-state index contributed by atoms with van der Waals surface area (Å²) >= 11 is 0. The molecule has 0 unspecified atom stereocenters. The summed E-state index contributed by atoms with van der Waals surface area (Å²) < 4.78 is 5.05. The minimum atomic E-state index is -0.420. The molecule has 0 atom stereocenters. The van der Waals surface area contributed by atoms with Crippen LogP contribution in [0.1, 0.15) is 5.56 Å². The van der Waals surface area contributed by atoms with Crippen molar-refractivity contribution in [3.8, 4) is 0 Å². The monoisotopic (exact) mass is 252 g/mol. The van der Waals surface area contributed by atoms with Gasteiger partial charge >= 0.3 is 6.09 Å². The zero-order chi connectivity index (χ0) is 13.2. The Morgan fingerprint density at radius 2 is 2.06 bits per heavy atom. The summed E-state index contributed by atoms with van der Waals surface area (Å²) in [5, 5.41) is 11.4. The van der Waals surface area contributed by atoms with Crippen molar-refractivity contribution in [1.29, 1.82) is 0 Å². The molecule has 1 amide bonds. The molecule has 0 saturated carbocycles. The summed E-state index contributed by atoms with van der Waals surface area (Å²) in [4.78, 5) is 13.3. The maximum absolute atomic E-state index is 11.4. The highest BCUT2D eigenvalue weighted by Crippen LogP contribution is 2.00. The molecule has 5 heteroatoms. The summed E-state index contributed by atoms with van der Waals surface area (Å²) in [6.45, 7) is 2.18. The number of aliphatic hydroxyl groups is 1. The van der Waals surface area contributed by atoms with E-state index < -0.39 is 6.09 Å². The Morgan fingerprint density at radius 1 is 1.33 bits per heavy atom. The second-order valence-electron chi connectivity index (χ2n) is 4.02. The Labute approximate surface area is 107 Å². The first-order chi connectivity index (χ1) is 8.72. The van der Waals surface area contributed by atoms with Gasteiger partial charge in [-0.3, -0.25) is 0 Å². The van der Waals surface area contributed by atoms with Gasteiger partial charge in [-0.1, -0.05) is 30.3 Å². The second kappa shape index (κ2) is 8.49. The summed E-state index contributed by atoms with van der Waals surface area (Å²) in [6.07, 6.45) is -0.420. The van der Waals surface area contributed by atoms with Gasteiger partial charge in [-0.2, -0.15) is 0 Å². The molecule has 0 spiro atoms. The third-order valence-corrected chi connectivity index (χ3v) is 2.46. The fourth-order valence-electron chi connectivity index (χ4n) is 1.41. The molecule has 0 aliphatic rings. The molecule has 1 rings (SSSR count). The number of carbonyl (C=O) groups is 1. The van der Waals surface area contributed by atoms with E-state index in [1.54, 1.807) is 0 Å². The minimum absolute atomic E-state index is 0.120. The van der Waals surface area contributed by atoms with E-state index in [0.29, 0.717) is 19.6 Å². The number of ether oxygens (including phenoxy) is 1. The number of nitrogens with one attached hydrogen (secondary N) is 1. The number of amides is 1. The lowest BCUT2D eigenvalue weighted by molar-refractivity contribution is 0.138. The standard InChI is InChI=1S/C13H20N2O3/c1-15(9-10-16)8-7-14-13(17)18-11-12-5-3-2-4-6-12/h2-6,16H,7-11H2,1H3,(H,14,17). The Morgan fingerprint density at radius 3 is 2.72 bits per heavy atom. The first-order valence-corrected chi connectivity index (χ1v) is 5.96. The number of carbonyl (C=O) groups excluding carboxylic acids is 1. The Balaban J connectivity index is 2.11. The van der Waals surface area contributed by atoms with Crippen LogP contribution in [0, 0.1) is 0 Å². The molecule has 0 aliphatic heterocycles. The molecule has 0 heterocycles. The van der Waals surface area contributed by atoms with Crippen molar-refractivity contribution in [3.05, 3.63) is 35.9 Å². The van der Waals surface area contributed by atoms with Crippen LogP contribution in [0.25, 0.3) is 0 Å². The van der Waals surface area contributed by atoms with Gasteiger partial charge in [0.15, 0.2) is 0 Å². The van der Waals surface area contributed by atoms with Crippen molar-refractivity contribution in [1.82, 2.24) is 10.2 Å². The van der Waals surface area contributed by atoms with Crippen LogP contribution in [0.2, 0.25) is 0 Å². The third-order valence-electron chi connectivity index (χ3n) is 2.46. The van der Waals surface area contributed by atoms with Gasteiger partial charge in [0.25, 0.3) is 0 Å². The molecule has 0 fully saturated rings. The van der Waals surface area contributed by atoms with Crippen molar-refractivity contribution < 1.29 is 14.6 Å². The predicted octanol–water partition coefficient (Wildman–Crippen LogP) is 0.837. The first kappa shape index (κ1) is 14.5. The molecule has 0 aliphatic carbocycles. The molecule has 0 radical (unpaired) electrons. The highest BCUT2D eigenvalue weighted by atomic mass is 16.5. The first-order valence-electron chi connectivity index (χ1n) is 5.96. The van der Waals surface area contributed by atoms with Crippen LogP contribution in [-0.4, -0.2) is 49.4 Å². The van der Waals surface area contributed by atoms with E-state index in [1.807, 2.05) is 42.3 Å². The molecule has 18 heavy (non-hydrogen) atoms. The number of hydrogen-bond donors (Lipinski definition) is 2. The fourth-order valence-corrected chi connectivity index (χ4v) is 1.41. The van der Waals surface area contributed by atoms with E-state index in [2.05, 4.69) is 5.32 Å². The topological polar surface area (TPSA) is 61.8 Å². The van der Waals surface area contributed by atoms with Crippen LogP contribution in [0.15, 0.2) is 30.3 Å². The number of rotatable bonds is 7. The predicted molar refractivity (Wildman–Crippen MR) is 69.2 cm³/mol. The quantitative estimate of drug-likeness (QED) is 0.755. The van der Waals surface area contributed by atoms with Gasteiger partial charge in [-0.15, -0.1) is 0 Å². The second-order valence-corrected chi connectivity index (χ2v) is 4.02. The van der Waals surface area contributed by atoms with Crippen LogP contribution < -0.4 is 5.32 Å². The highest BCUT2D eigenvalue weighted by Gasteiger charge is 2.03. The number of nitrogens with zero attached hydrogens (tertiary/aromatic N) is 1. The Hall–Kier alpha value is -1.59. The van der Waals surface area contributed by atoms with Gasteiger partial charge < -0.3 is 20.1 Å². The maximum Gasteiger partial charge on any atom is 0.407 e. The lowest BCUT2D eigenvalue weighted by Crippen LogP contribution is -2.34. The van der Waals surface area contributed by atoms with Crippen LogP contribution in [-0.2, 0) is 11.3 Å². The van der Waals surface area contributed by atoms with E-state index >= 15 is 0 Å². The third kappa shape index (κ3) is 6.22. The molecule has 0 aromatic heterocycles. The zero-order valence-corrected chi connectivity index (χ0v) is 10.6. The lowest BCUT2D eigenvalue weighted by Gasteiger charge is -2.15. The largest absolute Gasteiger partial charge is 0.445 e. The van der Waals surface area contributed by atoms with Gasteiger partial charge in [0.1, 0.15) is 6.61 Å². The summed E-state index contributed by atoms with van der Waals surface area (Å²) in [6, 6.07) is 9.53. The number of benzene rings is 1. The Kier molecular flexibility index (Phi) is 6.83. The van der Waals surface area contributed by atoms with Crippen LogP contribution in [0.4, 0.5) is 4.79 Å². The van der Waals surface area contributed by atoms with Gasteiger partial charge in [0.2, 0.25) is 0 Å². The SMILES string of the molecule is CN(CCO)CCNC(=O)OCc1ccccc1. The van der Waals surface area contributed by atoms with E-state index in [4.69, 9.17) is 9.84 Å². The number of alkyl carbamates (subject to hydrolysis) is 1. The highest BCUT2D eigenvalue weighted by molar-refractivity contribution is 5.67. The van der Waals surface area contributed by atoms with E-state index in [0.717, 1.165) is 5.56 Å². The van der Waals surface area contributed by atoms with Crippen molar-refractivity contribution >= 4 is 6.09 Å². The van der Waals surface area contributed by atoms with Crippen molar-refractivity contribution in [2.24, 2.45) is 0 Å². The zero-order valence-electron chi connectivity index (χ0n) is 10.6. The van der Waals surface area contributed by atoms with Crippen molar-refractivity contribution in [3.63, 3.8) is 0 Å². The Bertz CT molecular complexity index is 343. The van der Waals surface area contributed by atoms with Crippen LogP contribution in [0.5, 0.6) is 0 Å². The summed E-state index contributed by atoms with van der Waals surface area (Å²) in [5.74, 6) is 0. The fraction of sp³-hybridized carbons (Fsp3) is 0.462. The number of aliphatic hydroxyl groups excluding tert-OH is 1. The molecule has 5 nitrogen and oxygen atoms in total. The van der Waals surface area contributed by atoms with Gasteiger partial charge in [0.05, 0.1) is 6.61 Å². The van der Waals surface area contributed by atoms with Crippen LogP contribution in [0.3, 0.4) is 0 Å². The van der Waals surface area contributed by atoms with Crippen molar-refractivity contribution in [2.45, 2.75) is 6.61 Å². The molecule has 1 aromatic rings. The average molecular weight is 252 g/mol. The molecule has 0 bridgehead atoms. The summed E-state index contributed by atoms with van der Waals surface area (Å²) in [5.41, 5.74) is 0.963. The lowest BCUT2D eigenvalue weighted by atomic mass is 10.2.